The van der Waals surface area contributed by atoms with E-state index in [9.17, 15) is 4.39 Å². The van der Waals surface area contributed by atoms with Crippen LogP contribution in [0.3, 0.4) is 0 Å². The van der Waals surface area contributed by atoms with Crippen LogP contribution in [-0.2, 0) is 13.1 Å². The molecule has 0 aliphatic carbocycles. The fourth-order valence-corrected chi connectivity index (χ4v) is 3.47. The second-order valence-corrected chi connectivity index (χ2v) is 6.94. The maximum Gasteiger partial charge on any atom is 0.123 e. The van der Waals surface area contributed by atoms with E-state index in [-0.39, 0.29) is 5.82 Å². The number of imidazole rings is 1. The van der Waals surface area contributed by atoms with E-state index in [1.54, 1.807) is 12.1 Å². The first kappa shape index (κ1) is 16.2. The number of hydrogen-bond donors (Lipinski definition) is 0. The van der Waals surface area contributed by atoms with Crippen molar-refractivity contribution in [2.24, 2.45) is 5.92 Å². The van der Waals surface area contributed by atoms with Crippen LogP contribution in [0.4, 0.5) is 4.39 Å². The molecule has 0 saturated carbocycles. The number of nitrogens with zero attached hydrogens (tertiary/aromatic N) is 3. The van der Waals surface area contributed by atoms with E-state index < -0.39 is 0 Å². The van der Waals surface area contributed by atoms with Crippen molar-refractivity contribution in [3.8, 4) is 0 Å². The molecule has 1 aliphatic rings. The lowest BCUT2D eigenvalue weighted by Gasteiger charge is -2.32. The summed E-state index contributed by atoms with van der Waals surface area (Å²) in [6.45, 7) is 8.49. The van der Waals surface area contributed by atoms with E-state index >= 15 is 0 Å². The Labute approximate surface area is 138 Å². The van der Waals surface area contributed by atoms with Gasteiger partial charge in [0.2, 0.25) is 0 Å². The summed E-state index contributed by atoms with van der Waals surface area (Å²) >= 11 is 0. The van der Waals surface area contributed by atoms with Gasteiger partial charge in [-0.3, -0.25) is 4.90 Å². The fourth-order valence-electron chi connectivity index (χ4n) is 3.47. The normalized spacial score (nSPS) is 17.0. The van der Waals surface area contributed by atoms with Gasteiger partial charge >= 0.3 is 0 Å². The molecule has 4 heteroatoms. The third-order valence-corrected chi connectivity index (χ3v) is 4.72. The highest BCUT2D eigenvalue weighted by molar-refractivity contribution is 5.16. The number of piperidine rings is 1. The van der Waals surface area contributed by atoms with Gasteiger partial charge in [0.05, 0.1) is 0 Å². The van der Waals surface area contributed by atoms with Crippen molar-refractivity contribution in [2.75, 3.05) is 13.1 Å². The van der Waals surface area contributed by atoms with Crippen molar-refractivity contribution in [2.45, 2.75) is 45.7 Å². The Hall–Kier alpha value is -1.68. The molecule has 1 aromatic carbocycles. The van der Waals surface area contributed by atoms with Crippen molar-refractivity contribution in [1.29, 1.82) is 0 Å². The van der Waals surface area contributed by atoms with E-state index in [1.807, 2.05) is 12.3 Å². The predicted molar refractivity (Wildman–Crippen MR) is 90.7 cm³/mol. The molecule has 1 aliphatic heterocycles. The van der Waals surface area contributed by atoms with Gasteiger partial charge in [-0.1, -0.05) is 26.0 Å². The van der Waals surface area contributed by atoms with Gasteiger partial charge < -0.3 is 4.57 Å². The lowest BCUT2D eigenvalue weighted by Crippen LogP contribution is -2.34. The zero-order valence-corrected chi connectivity index (χ0v) is 14.1. The monoisotopic (exact) mass is 315 g/mol. The molecule has 0 radical (unpaired) electrons. The highest BCUT2D eigenvalue weighted by atomic mass is 19.1. The van der Waals surface area contributed by atoms with Crippen LogP contribution in [0.15, 0.2) is 36.7 Å². The molecule has 1 saturated heterocycles. The Kier molecular flexibility index (Phi) is 5.11. The van der Waals surface area contributed by atoms with Crippen LogP contribution in [-0.4, -0.2) is 27.5 Å². The molecule has 0 amide bonds. The molecule has 0 spiro atoms. The first-order valence-electron chi connectivity index (χ1n) is 8.59. The average Bonchev–Trinajstić information content (AvgIpc) is 2.98. The number of likely N-dealkylation sites (tertiary alicyclic amines) is 1. The first-order valence-corrected chi connectivity index (χ1v) is 8.59. The van der Waals surface area contributed by atoms with Crippen molar-refractivity contribution < 1.29 is 4.39 Å². The third kappa shape index (κ3) is 4.20. The highest BCUT2D eigenvalue weighted by Crippen LogP contribution is 2.22. The summed E-state index contributed by atoms with van der Waals surface area (Å²) < 4.78 is 15.6. The summed E-state index contributed by atoms with van der Waals surface area (Å²) in [5, 5.41) is 0. The van der Waals surface area contributed by atoms with Crippen LogP contribution >= 0.6 is 0 Å². The van der Waals surface area contributed by atoms with Gasteiger partial charge in [-0.2, -0.15) is 0 Å². The van der Waals surface area contributed by atoms with Crippen LogP contribution in [0.2, 0.25) is 0 Å². The number of benzene rings is 1. The molecule has 0 N–H and O–H groups in total. The standard InChI is InChI=1S/C19H26FN3/c1-15(2)19-21-8-11-23(19)14-16-6-9-22(10-7-16)13-17-4-3-5-18(20)12-17/h3-5,8,11-12,15-16H,6-7,9-10,13-14H2,1-2H3. The zero-order valence-electron chi connectivity index (χ0n) is 14.1. The second kappa shape index (κ2) is 7.26. The number of hydrogen-bond acceptors (Lipinski definition) is 2. The van der Waals surface area contributed by atoms with Crippen LogP contribution in [0.1, 0.15) is 44.0 Å². The minimum absolute atomic E-state index is 0.140. The van der Waals surface area contributed by atoms with E-state index in [4.69, 9.17) is 0 Å². The van der Waals surface area contributed by atoms with Gasteiger partial charge in [0, 0.05) is 31.4 Å². The highest BCUT2D eigenvalue weighted by Gasteiger charge is 2.21. The maximum absolute atomic E-state index is 13.3. The second-order valence-electron chi connectivity index (χ2n) is 6.94. The fraction of sp³-hybridized carbons (Fsp3) is 0.526. The topological polar surface area (TPSA) is 21.1 Å². The Bertz CT molecular complexity index is 627. The van der Waals surface area contributed by atoms with E-state index in [1.165, 1.54) is 24.7 Å². The Morgan fingerprint density at radius 2 is 2.04 bits per heavy atom. The Balaban J connectivity index is 1.51. The molecule has 2 aromatic rings. The lowest BCUT2D eigenvalue weighted by atomic mass is 9.96. The molecule has 0 unspecified atom stereocenters. The van der Waals surface area contributed by atoms with Gasteiger partial charge in [0.1, 0.15) is 11.6 Å². The largest absolute Gasteiger partial charge is 0.334 e. The van der Waals surface area contributed by atoms with Gasteiger partial charge in [0.25, 0.3) is 0 Å². The summed E-state index contributed by atoms with van der Waals surface area (Å²) in [4.78, 5) is 6.91. The molecule has 3 nitrogen and oxygen atoms in total. The lowest BCUT2D eigenvalue weighted by molar-refractivity contribution is 0.166. The van der Waals surface area contributed by atoms with Crippen LogP contribution in [0.25, 0.3) is 0 Å². The molecule has 124 valence electrons. The van der Waals surface area contributed by atoms with Crippen molar-refractivity contribution in [3.05, 3.63) is 53.9 Å². The van der Waals surface area contributed by atoms with Gasteiger partial charge in [-0.15, -0.1) is 0 Å². The SMILES string of the molecule is CC(C)c1nccn1CC1CCN(Cc2cccc(F)c2)CC1. The molecule has 2 heterocycles. The van der Waals surface area contributed by atoms with Gasteiger partial charge in [-0.05, 0) is 49.5 Å². The number of rotatable bonds is 5. The summed E-state index contributed by atoms with van der Waals surface area (Å²) in [6.07, 6.45) is 6.42. The molecule has 1 aromatic heterocycles. The van der Waals surface area contributed by atoms with Crippen LogP contribution < -0.4 is 0 Å². The molecule has 3 rings (SSSR count). The van der Waals surface area contributed by atoms with Crippen LogP contribution in [0, 0.1) is 11.7 Å². The summed E-state index contributed by atoms with van der Waals surface area (Å²) in [7, 11) is 0. The molecule has 1 fully saturated rings. The smallest absolute Gasteiger partial charge is 0.123 e. The summed E-state index contributed by atoms with van der Waals surface area (Å²) in [5.74, 6) is 2.23. The number of halogens is 1. The first-order chi connectivity index (χ1) is 11.1. The summed E-state index contributed by atoms with van der Waals surface area (Å²) in [5.41, 5.74) is 1.07. The van der Waals surface area contributed by atoms with E-state index in [2.05, 4.69) is 34.5 Å². The van der Waals surface area contributed by atoms with E-state index in [0.29, 0.717) is 11.8 Å². The molecule has 23 heavy (non-hydrogen) atoms. The minimum Gasteiger partial charge on any atom is -0.334 e. The quantitative estimate of drug-likeness (QED) is 0.830. The van der Waals surface area contributed by atoms with Crippen LogP contribution in [0.5, 0.6) is 0 Å². The van der Waals surface area contributed by atoms with Gasteiger partial charge in [-0.25, -0.2) is 9.37 Å². The zero-order chi connectivity index (χ0) is 16.2. The van der Waals surface area contributed by atoms with Gasteiger partial charge in [0.15, 0.2) is 0 Å². The van der Waals surface area contributed by atoms with Crippen molar-refractivity contribution in [3.63, 3.8) is 0 Å². The minimum atomic E-state index is -0.140. The van der Waals surface area contributed by atoms with E-state index in [0.717, 1.165) is 31.7 Å². The number of aromatic nitrogens is 2. The van der Waals surface area contributed by atoms with Crippen molar-refractivity contribution in [1.82, 2.24) is 14.5 Å². The summed E-state index contributed by atoms with van der Waals surface area (Å²) in [6, 6.07) is 6.96. The average molecular weight is 315 g/mol. The predicted octanol–water partition coefficient (Wildman–Crippen LogP) is 4.06. The Morgan fingerprint density at radius 1 is 1.26 bits per heavy atom. The van der Waals surface area contributed by atoms with Crippen molar-refractivity contribution >= 4 is 0 Å². The third-order valence-electron chi connectivity index (χ3n) is 4.72. The molecular formula is C19H26FN3. The maximum atomic E-state index is 13.3. The molecule has 0 bridgehead atoms. The Morgan fingerprint density at radius 3 is 2.74 bits per heavy atom. The molecular weight excluding hydrogens is 289 g/mol. The molecule has 0 atom stereocenters.